The lowest BCUT2D eigenvalue weighted by Crippen LogP contribution is -2.57. The van der Waals surface area contributed by atoms with Crippen LogP contribution < -0.4 is 5.32 Å². The minimum Gasteiger partial charge on any atom is -0.480 e. The van der Waals surface area contributed by atoms with Crippen LogP contribution in [0.3, 0.4) is 0 Å². The van der Waals surface area contributed by atoms with E-state index in [0.29, 0.717) is 30.9 Å². The maximum atomic E-state index is 13.1. The number of rotatable bonds is 9. The lowest BCUT2D eigenvalue weighted by atomic mass is 9.97. The third kappa shape index (κ3) is 6.97. The average Bonchev–Trinajstić information content (AvgIpc) is 2.82. The Morgan fingerprint density at radius 2 is 1.91 bits per heavy atom. The van der Waals surface area contributed by atoms with E-state index in [1.807, 2.05) is 30.3 Å². The van der Waals surface area contributed by atoms with Gasteiger partial charge in [0.1, 0.15) is 18.2 Å². The monoisotopic (exact) mass is 462 g/mol. The first-order chi connectivity index (χ1) is 15.5. The van der Waals surface area contributed by atoms with Gasteiger partial charge in [0.15, 0.2) is 0 Å². The molecule has 3 rings (SSSR count). The molecule has 2 fully saturated rings. The molecular weight excluding hydrogens is 428 g/mol. The zero-order valence-corrected chi connectivity index (χ0v) is 19.5. The highest BCUT2D eigenvalue weighted by molar-refractivity contribution is 7.99. The van der Waals surface area contributed by atoms with Crippen molar-refractivity contribution in [2.75, 3.05) is 18.1 Å². The van der Waals surface area contributed by atoms with Crippen molar-refractivity contribution in [3.05, 3.63) is 35.9 Å². The molecule has 3 atom stereocenters. The van der Waals surface area contributed by atoms with Crippen molar-refractivity contribution in [1.29, 1.82) is 0 Å². The predicted octanol–water partition coefficient (Wildman–Crippen LogP) is 2.87. The number of carboxylic acids is 1. The van der Waals surface area contributed by atoms with Crippen LogP contribution >= 0.6 is 11.8 Å². The second-order valence-electron chi connectivity index (χ2n) is 8.62. The van der Waals surface area contributed by atoms with E-state index in [1.165, 1.54) is 23.1 Å². The fraction of sp³-hybridized carbons (Fsp3) is 0.625. The van der Waals surface area contributed by atoms with Crippen molar-refractivity contribution >= 4 is 29.6 Å². The molecule has 0 radical (unpaired) electrons. The van der Waals surface area contributed by atoms with E-state index in [1.54, 1.807) is 6.92 Å². The lowest BCUT2D eigenvalue weighted by Gasteiger charge is -2.35. The van der Waals surface area contributed by atoms with Gasteiger partial charge in [0.05, 0.1) is 6.04 Å². The summed E-state index contributed by atoms with van der Waals surface area (Å²) in [6.45, 7) is 2.10. The van der Waals surface area contributed by atoms with Gasteiger partial charge in [0, 0.05) is 18.1 Å². The van der Waals surface area contributed by atoms with Gasteiger partial charge in [-0.1, -0.05) is 36.8 Å². The predicted molar refractivity (Wildman–Crippen MR) is 125 cm³/mol. The highest BCUT2D eigenvalue weighted by atomic mass is 32.2. The average molecular weight is 463 g/mol. The fourth-order valence-corrected chi connectivity index (χ4v) is 5.39. The van der Waals surface area contributed by atoms with Gasteiger partial charge in [-0.2, -0.15) is 11.8 Å². The molecule has 1 aliphatic carbocycles. The van der Waals surface area contributed by atoms with E-state index >= 15 is 0 Å². The van der Waals surface area contributed by atoms with Crippen molar-refractivity contribution in [2.45, 2.75) is 76.1 Å². The molecule has 1 aromatic rings. The zero-order chi connectivity index (χ0) is 22.9. The topological polar surface area (TPSA) is 95.9 Å². The Labute approximate surface area is 194 Å². The van der Waals surface area contributed by atoms with Crippen LogP contribution in [0.15, 0.2) is 30.3 Å². The summed E-state index contributed by atoms with van der Waals surface area (Å²) in [5.41, 5.74) is 1.11. The summed E-state index contributed by atoms with van der Waals surface area (Å²) in [5, 5.41) is 12.7. The zero-order valence-electron chi connectivity index (χ0n) is 18.7. The molecule has 176 valence electrons. The second-order valence-corrected chi connectivity index (χ2v) is 9.77. The highest BCUT2D eigenvalue weighted by Crippen LogP contribution is 2.22. The van der Waals surface area contributed by atoms with Crippen LogP contribution in [0.1, 0.15) is 51.0 Å². The van der Waals surface area contributed by atoms with E-state index in [-0.39, 0.29) is 18.0 Å². The van der Waals surface area contributed by atoms with Crippen molar-refractivity contribution in [2.24, 2.45) is 0 Å². The van der Waals surface area contributed by atoms with E-state index in [9.17, 15) is 19.5 Å². The molecule has 1 heterocycles. The third-order valence-corrected chi connectivity index (χ3v) is 7.22. The van der Waals surface area contributed by atoms with Crippen LogP contribution in [0.4, 0.5) is 0 Å². The summed E-state index contributed by atoms with van der Waals surface area (Å²) < 4.78 is 5.80. The number of aryl methyl sites for hydroxylation is 1. The summed E-state index contributed by atoms with van der Waals surface area (Å²) in [6, 6.07) is 7.77. The Kier molecular flexibility index (Phi) is 9.41. The third-order valence-electron chi connectivity index (χ3n) is 6.20. The van der Waals surface area contributed by atoms with Crippen LogP contribution in [0.2, 0.25) is 0 Å². The molecule has 0 aromatic heterocycles. The summed E-state index contributed by atoms with van der Waals surface area (Å²) in [6.07, 6.45) is 6.21. The Hall–Kier alpha value is -2.06. The minimum atomic E-state index is -0.991. The van der Waals surface area contributed by atoms with Crippen LogP contribution in [-0.4, -0.2) is 70.1 Å². The number of carbonyl (C=O) groups excluding carboxylic acids is 2. The summed E-state index contributed by atoms with van der Waals surface area (Å²) in [5.74, 6) is -0.502. The molecule has 2 aliphatic rings. The number of benzene rings is 1. The molecule has 2 N–H and O–H groups in total. The molecule has 32 heavy (non-hydrogen) atoms. The maximum Gasteiger partial charge on any atom is 0.327 e. The molecule has 1 saturated carbocycles. The highest BCUT2D eigenvalue weighted by Gasteiger charge is 2.36. The maximum absolute atomic E-state index is 13.1. The first-order valence-electron chi connectivity index (χ1n) is 11.6. The molecule has 0 bridgehead atoms. The molecule has 2 unspecified atom stereocenters. The van der Waals surface area contributed by atoms with Gasteiger partial charge >= 0.3 is 11.9 Å². The van der Waals surface area contributed by atoms with E-state index in [2.05, 4.69) is 5.32 Å². The van der Waals surface area contributed by atoms with Crippen molar-refractivity contribution in [1.82, 2.24) is 10.2 Å². The van der Waals surface area contributed by atoms with Gasteiger partial charge in [-0.15, -0.1) is 0 Å². The number of aliphatic carboxylic acids is 1. The largest absolute Gasteiger partial charge is 0.480 e. The number of thioether (sulfide) groups is 1. The number of carboxylic acid groups (broad SMARTS) is 1. The summed E-state index contributed by atoms with van der Waals surface area (Å²) >= 11 is 1.54. The number of nitrogens with zero attached hydrogens (tertiary/aromatic N) is 1. The normalized spacial score (nSPS) is 21.5. The minimum absolute atomic E-state index is 0.0567. The SMILES string of the molecule is C[C@H](NC(CCc1ccccc1)C(=O)OC1CCCCC1)C(=O)N1CCSCC1C(=O)O. The first kappa shape index (κ1) is 24.6. The van der Waals surface area contributed by atoms with Gasteiger partial charge in [-0.05, 0) is 51.0 Å². The van der Waals surface area contributed by atoms with Crippen molar-refractivity contribution in [3.63, 3.8) is 0 Å². The number of ether oxygens (including phenoxy) is 1. The molecular formula is C24H34N2O5S. The molecule has 8 heteroatoms. The van der Waals surface area contributed by atoms with Gasteiger partial charge in [-0.3, -0.25) is 14.9 Å². The van der Waals surface area contributed by atoms with E-state index in [4.69, 9.17) is 4.74 Å². The Morgan fingerprint density at radius 1 is 1.19 bits per heavy atom. The number of hydrogen-bond donors (Lipinski definition) is 2. The molecule has 1 saturated heterocycles. The molecule has 1 amide bonds. The Bertz CT molecular complexity index is 769. The van der Waals surface area contributed by atoms with Gasteiger partial charge < -0.3 is 14.7 Å². The van der Waals surface area contributed by atoms with Gasteiger partial charge in [0.25, 0.3) is 0 Å². The van der Waals surface area contributed by atoms with Crippen LogP contribution in [0.25, 0.3) is 0 Å². The summed E-state index contributed by atoms with van der Waals surface area (Å²) in [4.78, 5) is 39.1. The van der Waals surface area contributed by atoms with E-state index < -0.39 is 24.1 Å². The molecule has 1 aliphatic heterocycles. The summed E-state index contributed by atoms with van der Waals surface area (Å²) in [7, 11) is 0. The number of carbonyl (C=O) groups is 3. The second kappa shape index (κ2) is 12.3. The molecule has 0 spiro atoms. The lowest BCUT2D eigenvalue weighted by molar-refractivity contribution is -0.155. The van der Waals surface area contributed by atoms with Crippen LogP contribution in [-0.2, 0) is 25.5 Å². The smallest absolute Gasteiger partial charge is 0.327 e. The first-order valence-corrected chi connectivity index (χ1v) is 12.7. The van der Waals surface area contributed by atoms with Crippen LogP contribution in [0, 0.1) is 0 Å². The molecule has 7 nitrogen and oxygen atoms in total. The van der Waals surface area contributed by atoms with E-state index in [0.717, 1.165) is 31.2 Å². The van der Waals surface area contributed by atoms with Gasteiger partial charge in [0.2, 0.25) is 5.91 Å². The standard InChI is InChI=1S/C24H34N2O5S/c1-17(22(27)26-14-15-32-16-21(26)23(28)29)25-20(13-12-18-8-4-2-5-9-18)24(30)31-19-10-6-3-7-11-19/h2,4-5,8-9,17,19-21,25H,3,6-7,10-16H2,1H3,(H,28,29)/t17-,20?,21?/m0/s1. The Balaban J connectivity index is 1.65. The number of amides is 1. The quantitative estimate of drug-likeness (QED) is 0.545. The van der Waals surface area contributed by atoms with Crippen molar-refractivity contribution in [3.8, 4) is 0 Å². The van der Waals surface area contributed by atoms with Crippen LogP contribution in [0.5, 0.6) is 0 Å². The van der Waals surface area contributed by atoms with Gasteiger partial charge in [-0.25, -0.2) is 4.79 Å². The Morgan fingerprint density at radius 3 is 2.59 bits per heavy atom. The number of nitrogens with one attached hydrogen (secondary N) is 1. The number of hydrogen-bond acceptors (Lipinski definition) is 6. The fourth-order valence-electron chi connectivity index (χ4n) is 4.35. The number of esters is 1. The molecule has 1 aromatic carbocycles. The van der Waals surface area contributed by atoms with Crippen molar-refractivity contribution < 1.29 is 24.2 Å².